The summed E-state index contributed by atoms with van der Waals surface area (Å²) in [6.45, 7) is 6.75. The lowest BCUT2D eigenvalue weighted by molar-refractivity contribution is -0.132. The number of carbonyl (C=O) groups is 3. The highest BCUT2D eigenvalue weighted by Gasteiger charge is 2.41. The lowest BCUT2D eigenvalue weighted by Crippen LogP contribution is -2.46. The van der Waals surface area contributed by atoms with Gasteiger partial charge in [-0.15, -0.1) is 0 Å². The average molecular weight is 589 g/mol. The lowest BCUT2D eigenvalue weighted by atomic mass is 9.81. The van der Waals surface area contributed by atoms with E-state index in [4.69, 9.17) is 23.2 Å². The van der Waals surface area contributed by atoms with Crippen LogP contribution in [0, 0.1) is 11.3 Å². The number of amides is 3. The molecular formula is C32H43Cl2N3O3. The molecule has 3 N–H and O–H groups in total. The Balaban J connectivity index is 1.52. The second-order valence-corrected chi connectivity index (χ2v) is 11.9. The van der Waals surface area contributed by atoms with Gasteiger partial charge in [-0.3, -0.25) is 14.4 Å². The fourth-order valence-electron chi connectivity index (χ4n) is 5.60. The Labute approximate surface area is 249 Å². The predicted octanol–water partition coefficient (Wildman–Crippen LogP) is 7.58. The van der Waals surface area contributed by atoms with E-state index in [0.29, 0.717) is 35.1 Å². The molecule has 0 aromatic heterocycles. The van der Waals surface area contributed by atoms with Crippen LogP contribution in [0.2, 0.25) is 10.0 Å². The second kappa shape index (κ2) is 15.4. The molecule has 1 saturated carbocycles. The van der Waals surface area contributed by atoms with E-state index in [1.807, 2.05) is 31.2 Å². The number of benzene rings is 2. The minimum atomic E-state index is -0.416. The zero-order chi connectivity index (χ0) is 29.1. The molecule has 2 unspecified atom stereocenters. The standard InChI is InChI=1S/C32H43Cl2N3O3/c1-4-6-10-24(5-2)29(38)35-20-19-32(17-7-8-18-32)31(40)36-22(3)21-23-13-15-25(16-14-23)37-30(39)28-26(33)11-9-12-27(28)34/h9,11-16,22,24H,4-8,10,17-21H2,1-3H3,(H,35,38)(H,36,40)(H,37,39). The van der Waals surface area contributed by atoms with E-state index < -0.39 is 5.41 Å². The number of unbranched alkanes of at least 4 members (excludes halogenated alkanes) is 1. The van der Waals surface area contributed by atoms with Crippen LogP contribution in [0.15, 0.2) is 42.5 Å². The van der Waals surface area contributed by atoms with Crippen molar-refractivity contribution >= 4 is 46.6 Å². The van der Waals surface area contributed by atoms with Crippen molar-refractivity contribution in [2.45, 2.75) is 91.0 Å². The summed E-state index contributed by atoms with van der Waals surface area (Å²) < 4.78 is 0. The van der Waals surface area contributed by atoms with E-state index in [9.17, 15) is 14.4 Å². The van der Waals surface area contributed by atoms with Gasteiger partial charge in [0.25, 0.3) is 5.91 Å². The summed E-state index contributed by atoms with van der Waals surface area (Å²) in [5, 5.41) is 9.78. The van der Waals surface area contributed by atoms with Crippen molar-refractivity contribution in [2.75, 3.05) is 11.9 Å². The lowest BCUT2D eigenvalue weighted by Gasteiger charge is -2.30. The molecule has 218 valence electrons. The summed E-state index contributed by atoms with van der Waals surface area (Å²) in [5.74, 6) is -0.104. The van der Waals surface area contributed by atoms with Gasteiger partial charge in [-0.2, -0.15) is 0 Å². The number of hydrogen-bond acceptors (Lipinski definition) is 3. The van der Waals surface area contributed by atoms with Gasteiger partial charge in [-0.05, 0) is 75.3 Å². The van der Waals surface area contributed by atoms with Crippen molar-refractivity contribution in [3.8, 4) is 0 Å². The highest BCUT2D eigenvalue weighted by Crippen LogP contribution is 2.41. The molecule has 0 radical (unpaired) electrons. The van der Waals surface area contributed by atoms with Gasteiger partial charge in [0.2, 0.25) is 11.8 Å². The predicted molar refractivity (Wildman–Crippen MR) is 164 cm³/mol. The van der Waals surface area contributed by atoms with Crippen molar-refractivity contribution in [3.63, 3.8) is 0 Å². The van der Waals surface area contributed by atoms with Gasteiger partial charge in [0, 0.05) is 24.2 Å². The number of hydrogen-bond donors (Lipinski definition) is 3. The maximum atomic E-state index is 13.4. The fraction of sp³-hybridized carbons (Fsp3) is 0.531. The monoisotopic (exact) mass is 587 g/mol. The second-order valence-electron chi connectivity index (χ2n) is 11.1. The zero-order valence-electron chi connectivity index (χ0n) is 24.0. The zero-order valence-corrected chi connectivity index (χ0v) is 25.5. The van der Waals surface area contributed by atoms with E-state index in [2.05, 4.69) is 29.8 Å². The third kappa shape index (κ3) is 8.71. The van der Waals surface area contributed by atoms with Crippen LogP contribution in [-0.2, 0) is 16.0 Å². The van der Waals surface area contributed by atoms with E-state index in [1.165, 1.54) is 0 Å². The molecule has 1 aliphatic carbocycles. The molecule has 0 saturated heterocycles. The van der Waals surface area contributed by atoms with Crippen LogP contribution in [0.25, 0.3) is 0 Å². The van der Waals surface area contributed by atoms with Gasteiger partial charge < -0.3 is 16.0 Å². The first kappa shape index (κ1) is 32.0. The molecule has 2 atom stereocenters. The van der Waals surface area contributed by atoms with Gasteiger partial charge in [-0.1, -0.05) is 80.9 Å². The Kier molecular flexibility index (Phi) is 12.3. The molecule has 0 heterocycles. The van der Waals surface area contributed by atoms with Crippen molar-refractivity contribution in [1.29, 1.82) is 0 Å². The summed E-state index contributed by atoms with van der Waals surface area (Å²) >= 11 is 12.3. The van der Waals surface area contributed by atoms with Crippen molar-refractivity contribution in [1.82, 2.24) is 10.6 Å². The maximum absolute atomic E-state index is 13.4. The molecule has 6 nitrogen and oxygen atoms in total. The van der Waals surface area contributed by atoms with E-state index >= 15 is 0 Å². The molecule has 1 aliphatic rings. The van der Waals surface area contributed by atoms with Gasteiger partial charge >= 0.3 is 0 Å². The van der Waals surface area contributed by atoms with E-state index in [-0.39, 0.29) is 35.2 Å². The first-order valence-electron chi connectivity index (χ1n) is 14.6. The minimum absolute atomic E-state index is 0.0551. The van der Waals surface area contributed by atoms with Gasteiger partial charge in [0.1, 0.15) is 0 Å². The summed E-state index contributed by atoms with van der Waals surface area (Å²) in [6, 6.07) is 12.4. The molecule has 0 spiro atoms. The normalized spacial score (nSPS) is 15.7. The average Bonchev–Trinajstić information content (AvgIpc) is 3.40. The molecule has 0 aliphatic heterocycles. The third-order valence-corrected chi connectivity index (χ3v) is 8.67. The molecule has 0 bridgehead atoms. The molecular weight excluding hydrogens is 545 g/mol. The minimum Gasteiger partial charge on any atom is -0.356 e. The molecule has 40 heavy (non-hydrogen) atoms. The molecule has 2 aromatic carbocycles. The topological polar surface area (TPSA) is 87.3 Å². The van der Waals surface area contributed by atoms with Crippen LogP contribution in [0.4, 0.5) is 5.69 Å². The highest BCUT2D eigenvalue weighted by atomic mass is 35.5. The Morgan fingerprint density at radius 2 is 1.62 bits per heavy atom. The van der Waals surface area contributed by atoms with Crippen LogP contribution in [0.3, 0.4) is 0 Å². The first-order valence-corrected chi connectivity index (χ1v) is 15.4. The van der Waals surface area contributed by atoms with E-state index in [0.717, 1.165) is 56.9 Å². The molecule has 1 fully saturated rings. The maximum Gasteiger partial charge on any atom is 0.258 e. The van der Waals surface area contributed by atoms with Crippen molar-refractivity contribution in [3.05, 3.63) is 63.6 Å². The highest BCUT2D eigenvalue weighted by molar-refractivity contribution is 6.40. The Morgan fingerprint density at radius 3 is 2.23 bits per heavy atom. The Morgan fingerprint density at radius 1 is 0.975 bits per heavy atom. The number of carbonyl (C=O) groups excluding carboxylic acids is 3. The van der Waals surface area contributed by atoms with Crippen molar-refractivity contribution < 1.29 is 14.4 Å². The van der Waals surface area contributed by atoms with Gasteiger partial charge in [-0.25, -0.2) is 0 Å². The van der Waals surface area contributed by atoms with Gasteiger partial charge in [0.05, 0.1) is 21.0 Å². The SMILES string of the molecule is CCCCC(CC)C(=O)NCCC1(C(=O)NC(C)Cc2ccc(NC(=O)c3c(Cl)cccc3Cl)cc2)CCCC1. The Hall–Kier alpha value is -2.57. The summed E-state index contributed by atoms with van der Waals surface area (Å²) in [5.41, 5.74) is 1.51. The number of rotatable bonds is 14. The molecule has 3 amide bonds. The quantitative estimate of drug-likeness (QED) is 0.213. The van der Waals surface area contributed by atoms with Crippen LogP contribution in [0.1, 0.15) is 94.5 Å². The summed E-state index contributed by atoms with van der Waals surface area (Å²) in [6.07, 6.45) is 9.05. The molecule has 8 heteroatoms. The van der Waals surface area contributed by atoms with Crippen LogP contribution >= 0.6 is 23.2 Å². The first-order chi connectivity index (χ1) is 19.2. The number of halogens is 2. The van der Waals surface area contributed by atoms with E-state index in [1.54, 1.807) is 18.2 Å². The Bertz CT molecular complexity index is 1130. The van der Waals surface area contributed by atoms with Crippen LogP contribution in [0.5, 0.6) is 0 Å². The number of nitrogens with one attached hydrogen (secondary N) is 3. The molecule has 2 aromatic rings. The third-order valence-electron chi connectivity index (χ3n) is 8.04. The largest absolute Gasteiger partial charge is 0.356 e. The van der Waals surface area contributed by atoms with Crippen LogP contribution in [-0.4, -0.2) is 30.3 Å². The summed E-state index contributed by atoms with van der Waals surface area (Å²) in [7, 11) is 0. The summed E-state index contributed by atoms with van der Waals surface area (Å²) in [4.78, 5) is 38.7. The van der Waals surface area contributed by atoms with Crippen LogP contribution < -0.4 is 16.0 Å². The smallest absolute Gasteiger partial charge is 0.258 e. The fourth-order valence-corrected chi connectivity index (χ4v) is 6.17. The number of anilines is 1. The van der Waals surface area contributed by atoms with Gasteiger partial charge in [0.15, 0.2) is 0 Å². The van der Waals surface area contributed by atoms with Crippen molar-refractivity contribution in [2.24, 2.45) is 11.3 Å². The molecule has 3 rings (SSSR count).